The molecule has 0 amide bonds. The van der Waals surface area contributed by atoms with Gasteiger partial charge in [-0.05, 0) is 19.8 Å². The fraction of sp³-hybridized carbons (Fsp3) is 0.800. The number of unbranched alkanes of at least 4 members (excludes halogenated alkanes) is 1. The van der Waals surface area contributed by atoms with Gasteiger partial charge in [0, 0.05) is 19.8 Å². The normalized spacial score (nSPS) is 11.2. The molecule has 0 aromatic carbocycles. The molecule has 0 rings (SSSR count). The SMILES string of the molecule is CCOC(=O)CCCCC(F)(F)C(C)=O. The number of Topliss-reactive ketones (excluding diaryl/α,β-unsaturated/α-hetero) is 1. The zero-order valence-corrected chi connectivity index (χ0v) is 9.02. The molecule has 5 heteroatoms. The van der Waals surface area contributed by atoms with E-state index >= 15 is 0 Å². The van der Waals surface area contributed by atoms with Crippen LogP contribution in [0.15, 0.2) is 0 Å². The first kappa shape index (κ1) is 14.0. The largest absolute Gasteiger partial charge is 0.466 e. The monoisotopic (exact) mass is 222 g/mol. The minimum Gasteiger partial charge on any atom is -0.466 e. The number of hydrogen-bond acceptors (Lipinski definition) is 3. The lowest BCUT2D eigenvalue weighted by Gasteiger charge is -2.11. The lowest BCUT2D eigenvalue weighted by Crippen LogP contribution is -2.25. The van der Waals surface area contributed by atoms with Crippen LogP contribution in [0.2, 0.25) is 0 Å². The maximum Gasteiger partial charge on any atom is 0.305 e. The fourth-order valence-corrected chi connectivity index (χ4v) is 1.03. The molecule has 0 aliphatic carbocycles. The predicted molar refractivity (Wildman–Crippen MR) is 50.7 cm³/mol. The molecule has 0 fully saturated rings. The summed E-state index contributed by atoms with van der Waals surface area (Å²) in [6.45, 7) is 2.84. The average Bonchev–Trinajstić information content (AvgIpc) is 2.13. The van der Waals surface area contributed by atoms with Crippen molar-refractivity contribution in [3.63, 3.8) is 0 Å². The van der Waals surface area contributed by atoms with Crippen molar-refractivity contribution in [1.82, 2.24) is 0 Å². The van der Waals surface area contributed by atoms with Crippen LogP contribution in [-0.2, 0) is 14.3 Å². The highest BCUT2D eigenvalue weighted by molar-refractivity contribution is 5.82. The first-order chi connectivity index (χ1) is 6.90. The van der Waals surface area contributed by atoms with Gasteiger partial charge in [-0.15, -0.1) is 0 Å². The second kappa shape index (κ2) is 6.48. The Labute approximate surface area is 87.8 Å². The topological polar surface area (TPSA) is 43.4 Å². The number of ketones is 1. The van der Waals surface area contributed by atoms with Crippen LogP contribution in [0.3, 0.4) is 0 Å². The van der Waals surface area contributed by atoms with Crippen LogP contribution in [0.5, 0.6) is 0 Å². The highest BCUT2D eigenvalue weighted by atomic mass is 19.3. The molecule has 0 radical (unpaired) electrons. The van der Waals surface area contributed by atoms with Gasteiger partial charge in [-0.3, -0.25) is 9.59 Å². The Kier molecular flexibility index (Phi) is 6.05. The summed E-state index contributed by atoms with van der Waals surface area (Å²) in [7, 11) is 0. The molecule has 0 aromatic heterocycles. The molecule has 0 bridgehead atoms. The van der Waals surface area contributed by atoms with Crippen LogP contribution in [-0.4, -0.2) is 24.3 Å². The van der Waals surface area contributed by atoms with Crippen molar-refractivity contribution in [2.75, 3.05) is 6.61 Å². The zero-order chi connectivity index (χ0) is 11.9. The van der Waals surface area contributed by atoms with Gasteiger partial charge >= 0.3 is 11.9 Å². The summed E-state index contributed by atoms with van der Waals surface area (Å²) in [5.41, 5.74) is 0. The van der Waals surface area contributed by atoms with Crippen LogP contribution in [0.25, 0.3) is 0 Å². The maximum absolute atomic E-state index is 12.8. The van der Waals surface area contributed by atoms with E-state index in [0.717, 1.165) is 6.92 Å². The van der Waals surface area contributed by atoms with Crippen LogP contribution in [0.1, 0.15) is 39.5 Å². The summed E-state index contributed by atoms with van der Waals surface area (Å²) in [4.78, 5) is 21.3. The molecule has 0 heterocycles. The molecule has 0 saturated carbocycles. The quantitative estimate of drug-likeness (QED) is 0.490. The number of carbonyl (C=O) groups is 2. The van der Waals surface area contributed by atoms with E-state index in [2.05, 4.69) is 4.74 Å². The van der Waals surface area contributed by atoms with E-state index in [-0.39, 0.29) is 18.8 Å². The van der Waals surface area contributed by atoms with Crippen molar-refractivity contribution in [3.8, 4) is 0 Å². The number of rotatable bonds is 7. The zero-order valence-electron chi connectivity index (χ0n) is 9.02. The van der Waals surface area contributed by atoms with Crippen LogP contribution >= 0.6 is 0 Å². The molecule has 0 aliphatic rings. The molecule has 0 unspecified atom stereocenters. The van der Waals surface area contributed by atoms with Crippen LogP contribution in [0, 0.1) is 0 Å². The van der Waals surface area contributed by atoms with Gasteiger partial charge in [-0.25, -0.2) is 0 Å². The Morgan fingerprint density at radius 3 is 2.33 bits per heavy atom. The van der Waals surface area contributed by atoms with Gasteiger partial charge in [0.15, 0.2) is 5.78 Å². The van der Waals surface area contributed by atoms with Crippen LogP contribution < -0.4 is 0 Å². The Hall–Kier alpha value is -1.00. The summed E-state index contributed by atoms with van der Waals surface area (Å²) < 4.78 is 30.1. The summed E-state index contributed by atoms with van der Waals surface area (Å²) >= 11 is 0. The average molecular weight is 222 g/mol. The Morgan fingerprint density at radius 2 is 1.87 bits per heavy atom. The van der Waals surface area contributed by atoms with Gasteiger partial charge in [-0.1, -0.05) is 0 Å². The molecule has 0 aromatic rings. The maximum atomic E-state index is 12.8. The highest BCUT2D eigenvalue weighted by Crippen LogP contribution is 2.22. The van der Waals surface area contributed by atoms with Crippen LogP contribution in [0.4, 0.5) is 8.78 Å². The molecule has 0 spiro atoms. The van der Waals surface area contributed by atoms with Gasteiger partial charge < -0.3 is 4.74 Å². The van der Waals surface area contributed by atoms with Gasteiger partial charge in [0.1, 0.15) is 0 Å². The number of carbonyl (C=O) groups excluding carboxylic acids is 2. The third kappa shape index (κ3) is 6.14. The lowest BCUT2D eigenvalue weighted by atomic mass is 10.1. The Balaban J connectivity index is 3.63. The smallest absolute Gasteiger partial charge is 0.305 e. The van der Waals surface area contributed by atoms with Crippen molar-refractivity contribution < 1.29 is 23.1 Å². The van der Waals surface area contributed by atoms with E-state index in [4.69, 9.17) is 0 Å². The van der Waals surface area contributed by atoms with E-state index in [1.54, 1.807) is 6.92 Å². The van der Waals surface area contributed by atoms with E-state index < -0.39 is 18.1 Å². The number of hydrogen-bond donors (Lipinski definition) is 0. The standard InChI is InChI=1S/C10H16F2O3/c1-3-15-9(14)6-4-5-7-10(11,12)8(2)13/h3-7H2,1-2H3. The van der Waals surface area contributed by atoms with Crippen molar-refractivity contribution >= 4 is 11.8 Å². The third-order valence-electron chi connectivity index (χ3n) is 1.94. The molecule has 15 heavy (non-hydrogen) atoms. The minimum absolute atomic E-state index is 0.127. The van der Waals surface area contributed by atoms with Gasteiger partial charge in [0.05, 0.1) is 6.61 Å². The summed E-state index contributed by atoms with van der Waals surface area (Å²) in [6.07, 6.45) is 0.0939. The summed E-state index contributed by atoms with van der Waals surface area (Å²) in [5.74, 6) is -4.77. The molecular weight excluding hydrogens is 206 g/mol. The molecule has 0 saturated heterocycles. The molecule has 0 atom stereocenters. The van der Waals surface area contributed by atoms with Gasteiger partial charge in [0.2, 0.25) is 0 Å². The number of halogens is 2. The number of ether oxygens (including phenoxy) is 1. The first-order valence-corrected chi connectivity index (χ1v) is 4.94. The predicted octanol–water partition coefficient (Wildman–Crippen LogP) is 2.33. The van der Waals surface area contributed by atoms with Crippen molar-refractivity contribution in [1.29, 1.82) is 0 Å². The first-order valence-electron chi connectivity index (χ1n) is 4.94. The molecular formula is C10H16F2O3. The van der Waals surface area contributed by atoms with Gasteiger partial charge in [0.25, 0.3) is 0 Å². The highest BCUT2D eigenvalue weighted by Gasteiger charge is 2.33. The summed E-state index contributed by atoms with van der Waals surface area (Å²) in [6, 6.07) is 0. The van der Waals surface area contributed by atoms with E-state index in [0.29, 0.717) is 13.0 Å². The number of alkyl halides is 2. The second-order valence-electron chi connectivity index (χ2n) is 3.27. The molecule has 0 aliphatic heterocycles. The lowest BCUT2D eigenvalue weighted by molar-refractivity contribution is -0.143. The Bertz CT molecular complexity index is 227. The van der Waals surface area contributed by atoms with Crippen molar-refractivity contribution in [3.05, 3.63) is 0 Å². The van der Waals surface area contributed by atoms with Crippen molar-refractivity contribution in [2.24, 2.45) is 0 Å². The third-order valence-corrected chi connectivity index (χ3v) is 1.94. The van der Waals surface area contributed by atoms with Crippen molar-refractivity contribution in [2.45, 2.75) is 45.5 Å². The summed E-state index contributed by atoms with van der Waals surface area (Å²) in [5, 5.41) is 0. The molecule has 88 valence electrons. The van der Waals surface area contributed by atoms with E-state index in [9.17, 15) is 18.4 Å². The van der Waals surface area contributed by atoms with Gasteiger partial charge in [-0.2, -0.15) is 8.78 Å². The fourth-order valence-electron chi connectivity index (χ4n) is 1.03. The minimum atomic E-state index is -3.26. The van der Waals surface area contributed by atoms with E-state index in [1.165, 1.54) is 0 Å². The number of esters is 1. The molecule has 0 N–H and O–H groups in total. The Morgan fingerprint density at radius 1 is 1.27 bits per heavy atom. The second-order valence-corrected chi connectivity index (χ2v) is 3.27. The molecule has 3 nitrogen and oxygen atoms in total. The van der Waals surface area contributed by atoms with E-state index in [1.807, 2.05) is 0 Å².